The summed E-state index contributed by atoms with van der Waals surface area (Å²) in [5.74, 6) is -0.943. The summed E-state index contributed by atoms with van der Waals surface area (Å²) < 4.78 is 1.52. The summed E-state index contributed by atoms with van der Waals surface area (Å²) in [5.41, 5.74) is 3.23. The molecule has 2 amide bonds. The molecule has 0 aliphatic rings. The zero-order valence-corrected chi connectivity index (χ0v) is 22.4. The van der Waals surface area contributed by atoms with E-state index in [0.29, 0.717) is 34.3 Å². The lowest BCUT2D eigenvalue weighted by atomic mass is 9.96. The number of carbonyl (C=O) groups is 3. The van der Waals surface area contributed by atoms with E-state index in [1.807, 2.05) is 76.2 Å². The van der Waals surface area contributed by atoms with Crippen molar-refractivity contribution in [3.8, 4) is 0 Å². The SMILES string of the molecule is CCC(C)(C)NC(=O)[C@@H](c1ccc(C)cc1)N(C(=O)Cn1nnc2ccccc21)c1ccccc1C(C)=O. The number of hydrogen-bond acceptors (Lipinski definition) is 5. The van der Waals surface area contributed by atoms with Gasteiger partial charge in [-0.05, 0) is 63.9 Å². The topological polar surface area (TPSA) is 97.2 Å². The molecule has 1 N–H and O–H groups in total. The molecule has 0 saturated heterocycles. The van der Waals surface area contributed by atoms with Crippen LogP contribution in [-0.2, 0) is 16.1 Å². The van der Waals surface area contributed by atoms with Crippen molar-refractivity contribution in [1.29, 1.82) is 0 Å². The lowest BCUT2D eigenvalue weighted by Gasteiger charge is -2.35. The van der Waals surface area contributed by atoms with Gasteiger partial charge in [0.1, 0.15) is 18.1 Å². The number of carbonyl (C=O) groups excluding carboxylic acids is 3. The summed E-state index contributed by atoms with van der Waals surface area (Å²) in [6.07, 6.45) is 0.697. The minimum Gasteiger partial charge on any atom is -0.349 e. The number of benzene rings is 3. The van der Waals surface area contributed by atoms with Crippen LogP contribution in [0.25, 0.3) is 11.0 Å². The van der Waals surface area contributed by atoms with Crippen molar-refractivity contribution in [2.45, 2.75) is 59.2 Å². The van der Waals surface area contributed by atoms with E-state index in [1.165, 1.54) is 16.5 Å². The van der Waals surface area contributed by atoms with Crippen molar-refractivity contribution in [1.82, 2.24) is 20.3 Å². The van der Waals surface area contributed by atoms with E-state index in [9.17, 15) is 14.4 Å². The van der Waals surface area contributed by atoms with E-state index in [1.54, 1.807) is 24.3 Å². The van der Waals surface area contributed by atoms with Gasteiger partial charge in [-0.25, -0.2) is 4.68 Å². The largest absolute Gasteiger partial charge is 0.349 e. The Labute approximate surface area is 222 Å². The second-order valence-corrected chi connectivity index (χ2v) is 10.1. The van der Waals surface area contributed by atoms with E-state index >= 15 is 0 Å². The Morgan fingerprint density at radius 1 is 0.974 bits per heavy atom. The van der Waals surface area contributed by atoms with Crippen molar-refractivity contribution in [3.63, 3.8) is 0 Å². The Morgan fingerprint density at radius 2 is 1.63 bits per heavy atom. The summed E-state index contributed by atoms with van der Waals surface area (Å²) in [7, 11) is 0. The van der Waals surface area contributed by atoms with Gasteiger partial charge < -0.3 is 5.32 Å². The lowest BCUT2D eigenvalue weighted by molar-refractivity contribution is -0.128. The summed E-state index contributed by atoms with van der Waals surface area (Å²) in [4.78, 5) is 42.3. The molecule has 0 spiro atoms. The molecule has 0 unspecified atom stereocenters. The van der Waals surface area contributed by atoms with Gasteiger partial charge in [-0.1, -0.05) is 66.2 Å². The molecule has 1 heterocycles. The van der Waals surface area contributed by atoms with E-state index in [2.05, 4.69) is 15.6 Å². The van der Waals surface area contributed by atoms with Crippen LogP contribution in [0.2, 0.25) is 0 Å². The molecule has 8 heteroatoms. The predicted octanol–water partition coefficient (Wildman–Crippen LogP) is 5.02. The first-order valence-corrected chi connectivity index (χ1v) is 12.7. The lowest BCUT2D eigenvalue weighted by Crippen LogP contribution is -2.51. The molecule has 1 atom stereocenters. The average molecular weight is 512 g/mol. The molecule has 0 aliphatic heterocycles. The van der Waals surface area contributed by atoms with Gasteiger partial charge in [0.25, 0.3) is 0 Å². The fraction of sp³-hybridized carbons (Fsp3) is 0.300. The number of anilines is 1. The van der Waals surface area contributed by atoms with E-state index in [0.717, 1.165) is 5.56 Å². The average Bonchev–Trinajstić information content (AvgIpc) is 3.30. The smallest absolute Gasteiger partial charge is 0.249 e. The second-order valence-electron chi connectivity index (χ2n) is 10.1. The highest BCUT2D eigenvalue weighted by atomic mass is 16.2. The number of para-hydroxylation sites is 2. The number of aryl methyl sites for hydroxylation is 1. The van der Waals surface area contributed by atoms with Gasteiger partial charge in [0.05, 0.1) is 11.2 Å². The molecule has 0 bridgehead atoms. The van der Waals surface area contributed by atoms with Crippen molar-refractivity contribution in [3.05, 3.63) is 89.5 Å². The first-order valence-electron chi connectivity index (χ1n) is 12.7. The summed E-state index contributed by atoms with van der Waals surface area (Å²) in [6, 6.07) is 20.7. The number of hydrogen-bond donors (Lipinski definition) is 1. The highest BCUT2D eigenvalue weighted by Gasteiger charge is 2.36. The third-order valence-corrected chi connectivity index (χ3v) is 6.76. The predicted molar refractivity (Wildman–Crippen MR) is 148 cm³/mol. The number of amides is 2. The highest BCUT2D eigenvalue weighted by Crippen LogP contribution is 2.32. The summed E-state index contributed by atoms with van der Waals surface area (Å²) >= 11 is 0. The van der Waals surface area contributed by atoms with E-state index in [4.69, 9.17) is 0 Å². The van der Waals surface area contributed by atoms with Gasteiger partial charge in [-0.15, -0.1) is 5.10 Å². The quantitative estimate of drug-likeness (QED) is 0.318. The van der Waals surface area contributed by atoms with Gasteiger partial charge in [-0.3, -0.25) is 19.3 Å². The number of nitrogens with one attached hydrogen (secondary N) is 1. The molecule has 0 saturated carbocycles. The highest BCUT2D eigenvalue weighted by molar-refractivity contribution is 6.08. The van der Waals surface area contributed by atoms with Crippen LogP contribution in [0.3, 0.4) is 0 Å². The zero-order chi connectivity index (χ0) is 27.4. The minimum absolute atomic E-state index is 0.167. The van der Waals surface area contributed by atoms with Crippen LogP contribution in [0.15, 0.2) is 72.8 Å². The third kappa shape index (κ3) is 5.64. The Kier molecular flexibility index (Phi) is 7.71. The maximum Gasteiger partial charge on any atom is 0.249 e. The number of fused-ring (bicyclic) bond motifs is 1. The first-order chi connectivity index (χ1) is 18.1. The number of aromatic nitrogens is 3. The van der Waals surface area contributed by atoms with Crippen LogP contribution in [-0.4, -0.2) is 38.1 Å². The van der Waals surface area contributed by atoms with Gasteiger partial charge in [0.2, 0.25) is 11.8 Å². The maximum absolute atomic E-state index is 14.2. The zero-order valence-electron chi connectivity index (χ0n) is 22.4. The monoisotopic (exact) mass is 511 g/mol. The van der Waals surface area contributed by atoms with Crippen LogP contribution in [0.1, 0.15) is 61.6 Å². The van der Waals surface area contributed by atoms with Crippen molar-refractivity contribution in [2.75, 3.05) is 4.90 Å². The molecule has 196 valence electrons. The molecule has 38 heavy (non-hydrogen) atoms. The van der Waals surface area contributed by atoms with Crippen molar-refractivity contribution < 1.29 is 14.4 Å². The summed E-state index contributed by atoms with van der Waals surface area (Å²) in [6.45, 7) is 9.11. The standard InChI is InChI=1S/C30H33N5O3/c1-6-30(4,5)31-29(38)28(22-17-15-20(2)16-18-22)35(25-13-9-7-11-23(25)21(3)36)27(37)19-34-26-14-10-8-12-24(26)32-33-34/h7-18,28H,6,19H2,1-5H3,(H,31,38)/t28-/m1/s1. The van der Waals surface area contributed by atoms with E-state index in [-0.39, 0.29) is 18.2 Å². The van der Waals surface area contributed by atoms with Crippen LogP contribution in [0.5, 0.6) is 0 Å². The van der Waals surface area contributed by atoms with Crippen molar-refractivity contribution >= 4 is 34.3 Å². The van der Waals surface area contributed by atoms with E-state index < -0.39 is 17.5 Å². The molecule has 0 radical (unpaired) electrons. The Morgan fingerprint density at radius 3 is 2.32 bits per heavy atom. The van der Waals surface area contributed by atoms with Crippen LogP contribution >= 0.6 is 0 Å². The second kappa shape index (κ2) is 11.0. The first kappa shape index (κ1) is 26.7. The molecule has 0 fully saturated rings. The molecular weight excluding hydrogens is 478 g/mol. The number of ketones is 1. The van der Waals surface area contributed by atoms with Crippen LogP contribution in [0, 0.1) is 6.92 Å². The normalized spacial score (nSPS) is 12.2. The van der Waals surface area contributed by atoms with Gasteiger partial charge in [0, 0.05) is 11.1 Å². The Bertz CT molecular complexity index is 1470. The van der Waals surface area contributed by atoms with Gasteiger partial charge >= 0.3 is 0 Å². The third-order valence-electron chi connectivity index (χ3n) is 6.76. The molecule has 0 aliphatic carbocycles. The minimum atomic E-state index is -1.02. The fourth-order valence-corrected chi connectivity index (χ4v) is 4.29. The van der Waals surface area contributed by atoms with Crippen LogP contribution in [0.4, 0.5) is 5.69 Å². The number of Topliss-reactive ketones (excluding diaryl/α,β-unsaturated/α-hetero) is 1. The van der Waals surface area contributed by atoms with Gasteiger partial charge in [-0.2, -0.15) is 0 Å². The molecule has 3 aromatic carbocycles. The van der Waals surface area contributed by atoms with Gasteiger partial charge in [0.15, 0.2) is 5.78 Å². The summed E-state index contributed by atoms with van der Waals surface area (Å²) in [5, 5.41) is 11.5. The molecule has 8 nitrogen and oxygen atoms in total. The molecule has 1 aromatic heterocycles. The Hall–Kier alpha value is -4.33. The van der Waals surface area contributed by atoms with Crippen molar-refractivity contribution in [2.24, 2.45) is 0 Å². The Balaban J connectivity index is 1.88. The fourth-order valence-electron chi connectivity index (χ4n) is 4.29. The molecule has 4 aromatic rings. The molecule has 4 rings (SSSR count). The maximum atomic E-state index is 14.2. The molecular formula is C30H33N5O3. The number of rotatable bonds is 9. The van der Waals surface area contributed by atoms with Crippen LogP contribution < -0.4 is 10.2 Å². The number of nitrogens with zero attached hydrogens (tertiary/aromatic N) is 4.